The Morgan fingerprint density at radius 2 is 2.00 bits per heavy atom. The Hall–Kier alpha value is -1.06. The third-order valence-electron chi connectivity index (χ3n) is 3.13. The van der Waals surface area contributed by atoms with Gasteiger partial charge in [-0.1, -0.05) is 29.8 Å². The lowest BCUT2D eigenvalue weighted by atomic mass is 10.0. The zero-order chi connectivity index (χ0) is 13.0. The highest BCUT2D eigenvalue weighted by Gasteiger charge is 2.20. The first-order chi connectivity index (χ1) is 7.93. The van der Waals surface area contributed by atoms with E-state index in [1.807, 2.05) is 50.1 Å². The molecule has 0 bridgehead atoms. The molecule has 0 spiro atoms. The lowest BCUT2D eigenvalue weighted by Gasteiger charge is -2.30. The first-order valence-corrected chi connectivity index (χ1v) is 5.99. The van der Waals surface area contributed by atoms with E-state index in [2.05, 4.69) is 0 Å². The van der Waals surface area contributed by atoms with Crippen molar-refractivity contribution in [2.24, 2.45) is 0 Å². The van der Waals surface area contributed by atoms with Crippen LogP contribution in [0.25, 0.3) is 0 Å². The Kier molecular flexibility index (Phi) is 4.97. The van der Waals surface area contributed by atoms with E-state index in [1.165, 1.54) is 0 Å². The lowest BCUT2D eigenvalue weighted by molar-refractivity contribution is -0.138. The van der Waals surface area contributed by atoms with Crippen LogP contribution in [0, 0.1) is 0 Å². The largest absolute Gasteiger partial charge is 0.481 e. The molecule has 0 heterocycles. The number of nitrogens with zero attached hydrogens (tertiary/aromatic N) is 1. The van der Waals surface area contributed by atoms with Gasteiger partial charge in [-0.05, 0) is 32.5 Å². The molecule has 0 saturated carbocycles. The van der Waals surface area contributed by atoms with Crippen molar-refractivity contribution in [1.29, 1.82) is 0 Å². The maximum absolute atomic E-state index is 10.7. The molecule has 0 fully saturated rings. The minimum Gasteiger partial charge on any atom is -0.481 e. The van der Waals surface area contributed by atoms with Gasteiger partial charge in [0.25, 0.3) is 0 Å². The summed E-state index contributed by atoms with van der Waals surface area (Å²) in [5.74, 6) is -0.782. The third kappa shape index (κ3) is 3.72. The topological polar surface area (TPSA) is 40.5 Å². The highest BCUT2D eigenvalue weighted by molar-refractivity contribution is 6.31. The fourth-order valence-electron chi connectivity index (χ4n) is 1.81. The van der Waals surface area contributed by atoms with Gasteiger partial charge in [0.05, 0.1) is 6.42 Å². The number of carboxylic acids is 1. The van der Waals surface area contributed by atoms with Gasteiger partial charge in [-0.15, -0.1) is 0 Å². The summed E-state index contributed by atoms with van der Waals surface area (Å²) in [5.41, 5.74) is 1.02. The Bertz CT molecular complexity index is 395. The van der Waals surface area contributed by atoms with Gasteiger partial charge >= 0.3 is 5.97 Å². The van der Waals surface area contributed by atoms with E-state index in [1.54, 1.807) is 0 Å². The monoisotopic (exact) mass is 255 g/mol. The smallest absolute Gasteiger partial charge is 0.304 e. The second-order valence-corrected chi connectivity index (χ2v) is 4.72. The summed E-state index contributed by atoms with van der Waals surface area (Å²) in [6.07, 6.45) is 0.130. The van der Waals surface area contributed by atoms with Crippen molar-refractivity contribution < 1.29 is 9.90 Å². The molecule has 0 aromatic heterocycles. The van der Waals surface area contributed by atoms with E-state index in [9.17, 15) is 4.79 Å². The minimum absolute atomic E-state index is 0.0289. The fourth-order valence-corrected chi connectivity index (χ4v) is 2.11. The van der Waals surface area contributed by atoms with Crippen LogP contribution in [0.2, 0.25) is 5.02 Å². The third-order valence-corrected chi connectivity index (χ3v) is 3.48. The van der Waals surface area contributed by atoms with Crippen molar-refractivity contribution in [3.8, 4) is 0 Å². The fraction of sp³-hybridized carbons (Fsp3) is 0.462. The number of carboxylic acid groups (broad SMARTS) is 1. The van der Waals surface area contributed by atoms with Crippen molar-refractivity contribution in [3.05, 3.63) is 34.9 Å². The first kappa shape index (κ1) is 14.0. The summed E-state index contributed by atoms with van der Waals surface area (Å²) in [6.45, 7) is 3.93. The van der Waals surface area contributed by atoms with E-state index in [-0.39, 0.29) is 18.5 Å². The van der Waals surface area contributed by atoms with Crippen molar-refractivity contribution in [3.63, 3.8) is 0 Å². The second-order valence-electron chi connectivity index (χ2n) is 4.31. The van der Waals surface area contributed by atoms with E-state index in [4.69, 9.17) is 16.7 Å². The predicted octanol–water partition coefficient (Wildman–Crippen LogP) is 3.20. The van der Waals surface area contributed by atoms with E-state index in [0.29, 0.717) is 0 Å². The van der Waals surface area contributed by atoms with E-state index < -0.39 is 5.97 Å². The predicted molar refractivity (Wildman–Crippen MR) is 69.3 cm³/mol. The molecule has 0 amide bonds. The highest BCUT2D eigenvalue weighted by atomic mass is 35.5. The van der Waals surface area contributed by atoms with Crippen molar-refractivity contribution in [2.45, 2.75) is 32.4 Å². The standard InChI is InChI=1S/C13H18ClNO2/c1-9(8-13(16)17)15(3)10(2)11-6-4-5-7-12(11)14/h4-7,9-10H,8H2,1-3H3,(H,16,17). The SMILES string of the molecule is CC(CC(=O)O)N(C)C(C)c1ccccc1Cl. The molecule has 2 atom stereocenters. The van der Waals surface area contributed by atoms with Crippen molar-refractivity contribution in [1.82, 2.24) is 4.90 Å². The number of rotatable bonds is 5. The van der Waals surface area contributed by atoms with Gasteiger partial charge in [0, 0.05) is 17.1 Å². The molecule has 0 radical (unpaired) electrons. The molecule has 1 N–H and O–H groups in total. The van der Waals surface area contributed by atoms with Crippen LogP contribution >= 0.6 is 11.6 Å². The molecule has 2 unspecified atom stereocenters. The molecule has 94 valence electrons. The number of benzene rings is 1. The van der Waals surface area contributed by atoms with Crippen molar-refractivity contribution in [2.75, 3.05) is 7.05 Å². The van der Waals surface area contributed by atoms with E-state index >= 15 is 0 Å². The molecule has 0 aliphatic rings. The number of carbonyl (C=O) groups is 1. The van der Waals surface area contributed by atoms with Crippen LogP contribution in [-0.2, 0) is 4.79 Å². The highest BCUT2D eigenvalue weighted by Crippen LogP contribution is 2.27. The maximum Gasteiger partial charge on any atom is 0.304 e. The molecule has 17 heavy (non-hydrogen) atoms. The zero-order valence-electron chi connectivity index (χ0n) is 10.4. The van der Waals surface area contributed by atoms with Crippen LogP contribution in [0.5, 0.6) is 0 Å². The van der Waals surface area contributed by atoms with Gasteiger partial charge in [0.1, 0.15) is 0 Å². The Balaban J connectivity index is 2.79. The molecule has 1 aromatic rings. The second kappa shape index (κ2) is 6.03. The van der Waals surface area contributed by atoms with Gasteiger partial charge in [-0.2, -0.15) is 0 Å². The molecule has 0 saturated heterocycles. The molecular weight excluding hydrogens is 238 g/mol. The molecule has 3 nitrogen and oxygen atoms in total. The number of hydrogen-bond donors (Lipinski definition) is 1. The van der Waals surface area contributed by atoms with Crippen LogP contribution in [0.3, 0.4) is 0 Å². The summed E-state index contributed by atoms with van der Waals surface area (Å²) >= 11 is 6.13. The summed E-state index contributed by atoms with van der Waals surface area (Å²) in [6, 6.07) is 7.71. The molecule has 0 aliphatic carbocycles. The van der Waals surface area contributed by atoms with Crippen LogP contribution in [0.4, 0.5) is 0 Å². The van der Waals surface area contributed by atoms with Gasteiger partial charge in [0.2, 0.25) is 0 Å². The van der Waals surface area contributed by atoms with Crippen LogP contribution in [-0.4, -0.2) is 29.1 Å². The quantitative estimate of drug-likeness (QED) is 0.878. The molecule has 1 rings (SSSR count). The number of aliphatic carboxylic acids is 1. The Labute approximate surface area is 107 Å². The Morgan fingerprint density at radius 1 is 1.41 bits per heavy atom. The van der Waals surface area contributed by atoms with Crippen molar-refractivity contribution >= 4 is 17.6 Å². The molecule has 1 aromatic carbocycles. The minimum atomic E-state index is -0.782. The lowest BCUT2D eigenvalue weighted by Crippen LogP contribution is -2.33. The summed E-state index contributed by atoms with van der Waals surface area (Å²) in [5, 5.41) is 9.50. The summed E-state index contributed by atoms with van der Waals surface area (Å²) < 4.78 is 0. The van der Waals surface area contributed by atoms with Gasteiger partial charge in [-0.3, -0.25) is 9.69 Å². The zero-order valence-corrected chi connectivity index (χ0v) is 11.1. The first-order valence-electron chi connectivity index (χ1n) is 5.61. The van der Waals surface area contributed by atoms with Gasteiger partial charge in [0.15, 0.2) is 0 Å². The summed E-state index contributed by atoms with van der Waals surface area (Å²) in [4.78, 5) is 12.7. The van der Waals surface area contributed by atoms with Crippen LogP contribution in [0.15, 0.2) is 24.3 Å². The average Bonchev–Trinajstić information content (AvgIpc) is 2.27. The number of hydrogen-bond acceptors (Lipinski definition) is 2. The molecule has 0 aliphatic heterocycles. The van der Waals surface area contributed by atoms with Crippen LogP contribution in [0.1, 0.15) is 31.9 Å². The summed E-state index contributed by atoms with van der Waals surface area (Å²) in [7, 11) is 1.92. The normalized spacial score (nSPS) is 14.6. The maximum atomic E-state index is 10.7. The van der Waals surface area contributed by atoms with E-state index in [0.717, 1.165) is 10.6 Å². The Morgan fingerprint density at radius 3 is 2.53 bits per heavy atom. The average molecular weight is 256 g/mol. The van der Waals surface area contributed by atoms with Gasteiger partial charge < -0.3 is 5.11 Å². The number of halogens is 1. The molecule has 4 heteroatoms. The van der Waals surface area contributed by atoms with Gasteiger partial charge in [-0.25, -0.2) is 0 Å². The molecular formula is C13H18ClNO2. The van der Waals surface area contributed by atoms with Crippen LogP contribution < -0.4 is 0 Å².